The van der Waals surface area contributed by atoms with Crippen molar-refractivity contribution in [2.75, 3.05) is 13.2 Å². The zero-order chi connectivity index (χ0) is 15.7. The first-order valence-corrected chi connectivity index (χ1v) is 7.71. The number of amides is 1. The SMILES string of the molecule is CCCC(C)(N)C(=O)NCCCOC(C)c1ccccc1.Cl. The fourth-order valence-corrected chi connectivity index (χ4v) is 2.19. The molecule has 0 saturated heterocycles. The van der Waals surface area contributed by atoms with Crippen molar-refractivity contribution in [3.8, 4) is 0 Å². The van der Waals surface area contributed by atoms with Gasteiger partial charge >= 0.3 is 0 Å². The molecule has 22 heavy (non-hydrogen) atoms. The molecule has 5 heteroatoms. The van der Waals surface area contributed by atoms with Gasteiger partial charge in [-0.05, 0) is 32.3 Å². The van der Waals surface area contributed by atoms with Crippen LogP contribution in [0.4, 0.5) is 0 Å². The second kappa shape index (κ2) is 10.6. The predicted octanol–water partition coefficient (Wildman–Crippen LogP) is 3.21. The molecule has 1 amide bonds. The molecule has 0 aromatic heterocycles. The zero-order valence-corrected chi connectivity index (χ0v) is 14.6. The fraction of sp³-hybridized carbons (Fsp3) is 0.588. The monoisotopic (exact) mass is 328 g/mol. The summed E-state index contributed by atoms with van der Waals surface area (Å²) in [6.07, 6.45) is 2.45. The maximum Gasteiger partial charge on any atom is 0.239 e. The predicted molar refractivity (Wildman–Crippen MR) is 93.2 cm³/mol. The molecule has 0 fully saturated rings. The van der Waals surface area contributed by atoms with Crippen LogP contribution in [-0.2, 0) is 9.53 Å². The Balaban J connectivity index is 0.00000441. The average Bonchev–Trinajstić information content (AvgIpc) is 2.47. The number of nitrogens with one attached hydrogen (secondary N) is 1. The third kappa shape index (κ3) is 7.25. The highest BCUT2D eigenvalue weighted by Gasteiger charge is 2.26. The average molecular weight is 329 g/mol. The maximum absolute atomic E-state index is 11.9. The molecule has 4 nitrogen and oxygen atoms in total. The standard InChI is InChI=1S/C17H28N2O2.ClH/c1-4-11-17(3,18)16(20)19-12-8-13-21-14(2)15-9-6-5-7-10-15;/h5-7,9-10,14H,4,8,11-13,18H2,1-3H3,(H,19,20);1H. The third-order valence-electron chi connectivity index (χ3n) is 3.53. The number of benzene rings is 1. The van der Waals surface area contributed by atoms with E-state index in [2.05, 4.69) is 17.4 Å². The Hall–Kier alpha value is -1.10. The number of hydrogen-bond acceptors (Lipinski definition) is 3. The molecule has 2 unspecified atom stereocenters. The minimum absolute atomic E-state index is 0. The van der Waals surface area contributed by atoms with Gasteiger partial charge in [0.25, 0.3) is 0 Å². The van der Waals surface area contributed by atoms with E-state index in [1.54, 1.807) is 6.92 Å². The lowest BCUT2D eigenvalue weighted by Gasteiger charge is -2.22. The normalized spacial score (nSPS) is 14.5. The molecule has 0 aliphatic heterocycles. The topological polar surface area (TPSA) is 64.4 Å². The largest absolute Gasteiger partial charge is 0.374 e. The summed E-state index contributed by atoms with van der Waals surface area (Å²) in [4.78, 5) is 11.9. The van der Waals surface area contributed by atoms with Crippen molar-refractivity contribution in [1.82, 2.24) is 5.32 Å². The molecule has 1 aromatic rings. The molecule has 0 aliphatic carbocycles. The van der Waals surface area contributed by atoms with Crippen LogP contribution < -0.4 is 11.1 Å². The van der Waals surface area contributed by atoms with E-state index >= 15 is 0 Å². The van der Waals surface area contributed by atoms with Gasteiger partial charge in [0.05, 0.1) is 11.6 Å². The van der Waals surface area contributed by atoms with E-state index in [-0.39, 0.29) is 24.4 Å². The summed E-state index contributed by atoms with van der Waals surface area (Å²) in [5.74, 6) is -0.0829. The van der Waals surface area contributed by atoms with Crippen molar-refractivity contribution in [2.24, 2.45) is 5.73 Å². The van der Waals surface area contributed by atoms with Crippen molar-refractivity contribution < 1.29 is 9.53 Å². The van der Waals surface area contributed by atoms with Crippen LogP contribution >= 0.6 is 12.4 Å². The van der Waals surface area contributed by atoms with Gasteiger partial charge in [-0.1, -0.05) is 43.7 Å². The molecule has 1 aromatic carbocycles. The van der Waals surface area contributed by atoms with Gasteiger partial charge in [0.2, 0.25) is 5.91 Å². The van der Waals surface area contributed by atoms with E-state index in [4.69, 9.17) is 10.5 Å². The third-order valence-corrected chi connectivity index (χ3v) is 3.53. The minimum Gasteiger partial charge on any atom is -0.374 e. The molecule has 0 radical (unpaired) electrons. The molecule has 0 spiro atoms. The van der Waals surface area contributed by atoms with Crippen molar-refractivity contribution in [3.05, 3.63) is 35.9 Å². The highest BCUT2D eigenvalue weighted by Crippen LogP contribution is 2.15. The Morgan fingerprint density at radius 3 is 2.59 bits per heavy atom. The Morgan fingerprint density at radius 2 is 2.00 bits per heavy atom. The van der Waals surface area contributed by atoms with E-state index in [1.807, 2.05) is 32.0 Å². The van der Waals surface area contributed by atoms with Crippen LogP contribution in [0, 0.1) is 0 Å². The van der Waals surface area contributed by atoms with E-state index in [9.17, 15) is 4.79 Å². The van der Waals surface area contributed by atoms with E-state index in [1.165, 1.54) is 5.56 Å². The highest BCUT2D eigenvalue weighted by atomic mass is 35.5. The van der Waals surface area contributed by atoms with Crippen LogP contribution in [0.25, 0.3) is 0 Å². The van der Waals surface area contributed by atoms with Gasteiger partial charge in [-0.15, -0.1) is 12.4 Å². The molecule has 0 aliphatic rings. The van der Waals surface area contributed by atoms with E-state index in [0.29, 0.717) is 19.6 Å². The van der Waals surface area contributed by atoms with Gasteiger partial charge < -0.3 is 15.8 Å². The molecule has 1 rings (SSSR count). The first-order valence-electron chi connectivity index (χ1n) is 7.71. The Bertz CT molecular complexity index is 424. The van der Waals surface area contributed by atoms with Crippen LogP contribution in [-0.4, -0.2) is 24.6 Å². The molecule has 0 saturated carbocycles. The molecule has 0 heterocycles. The number of carbonyl (C=O) groups excluding carboxylic acids is 1. The van der Waals surface area contributed by atoms with Gasteiger partial charge in [-0.2, -0.15) is 0 Å². The quantitative estimate of drug-likeness (QED) is 0.684. The lowest BCUT2D eigenvalue weighted by molar-refractivity contribution is -0.126. The van der Waals surface area contributed by atoms with Gasteiger partial charge in [0, 0.05) is 13.2 Å². The van der Waals surface area contributed by atoms with Crippen LogP contribution in [0.2, 0.25) is 0 Å². The smallest absolute Gasteiger partial charge is 0.239 e. The Labute approximate surface area is 140 Å². The van der Waals surface area contributed by atoms with Crippen LogP contribution in [0.15, 0.2) is 30.3 Å². The summed E-state index contributed by atoms with van der Waals surface area (Å²) in [5, 5.41) is 2.88. The lowest BCUT2D eigenvalue weighted by Crippen LogP contribution is -2.51. The summed E-state index contributed by atoms with van der Waals surface area (Å²) < 4.78 is 5.76. The van der Waals surface area contributed by atoms with Crippen LogP contribution in [0.1, 0.15) is 51.7 Å². The number of carbonyl (C=O) groups is 1. The van der Waals surface area contributed by atoms with Gasteiger partial charge in [-0.25, -0.2) is 0 Å². The second-order valence-electron chi connectivity index (χ2n) is 5.70. The molecular weight excluding hydrogens is 300 g/mol. The molecule has 2 atom stereocenters. The molecule has 126 valence electrons. The number of halogens is 1. The van der Waals surface area contributed by atoms with Crippen molar-refractivity contribution >= 4 is 18.3 Å². The van der Waals surface area contributed by atoms with Crippen LogP contribution in [0.5, 0.6) is 0 Å². The summed E-state index contributed by atoms with van der Waals surface area (Å²) >= 11 is 0. The van der Waals surface area contributed by atoms with Gasteiger partial charge in [-0.3, -0.25) is 4.79 Å². The molecular formula is C17H29ClN2O2. The minimum atomic E-state index is -0.771. The highest BCUT2D eigenvalue weighted by molar-refractivity contribution is 5.85. The Kier molecular flexibility index (Phi) is 10.1. The number of nitrogens with two attached hydrogens (primary N) is 1. The van der Waals surface area contributed by atoms with Crippen molar-refractivity contribution in [1.29, 1.82) is 0 Å². The molecule has 3 N–H and O–H groups in total. The first-order chi connectivity index (χ1) is 9.97. The van der Waals surface area contributed by atoms with Crippen molar-refractivity contribution in [3.63, 3.8) is 0 Å². The van der Waals surface area contributed by atoms with Crippen LogP contribution in [0.3, 0.4) is 0 Å². The van der Waals surface area contributed by atoms with E-state index < -0.39 is 5.54 Å². The Morgan fingerprint density at radius 1 is 1.36 bits per heavy atom. The summed E-state index contributed by atoms with van der Waals surface area (Å²) in [7, 11) is 0. The maximum atomic E-state index is 11.9. The fourth-order valence-electron chi connectivity index (χ4n) is 2.19. The number of rotatable bonds is 9. The first kappa shape index (κ1) is 20.9. The van der Waals surface area contributed by atoms with Crippen molar-refractivity contribution in [2.45, 2.75) is 51.7 Å². The number of ether oxygens (including phenoxy) is 1. The number of hydrogen-bond donors (Lipinski definition) is 2. The summed E-state index contributed by atoms with van der Waals surface area (Å²) in [6, 6.07) is 10.1. The summed E-state index contributed by atoms with van der Waals surface area (Å²) in [5.41, 5.74) is 6.36. The second-order valence-corrected chi connectivity index (χ2v) is 5.70. The van der Waals surface area contributed by atoms with E-state index in [0.717, 1.165) is 12.8 Å². The molecule has 0 bridgehead atoms. The lowest BCUT2D eigenvalue weighted by atomic mass is 9.96. The van der Waals surface area contributed by atoms with Gasteiger partial charge in [0.15, 0.2) is 0 Å². The van der Waals surface area contributed by atoms with Gasteiger partial charge in [0.1, 0.15) is 0 Å². The summed E-state index contributed by atoms with van der Waals surface area (Å²) in [6.45, 7) is 7.05. The zero-order valence-electron chi connectivity index (χ0n) is 13.8.